The molecule has 2 N–H and O–H groups in total. The lowest BCUT2D eigenvalue weighted by molar-refractivity contribution is -0.121. The van der Waals surface area contributed by atoms with Gasteiger partial charge in [0.2, 0.25) is 5.91 Å². The topological polar surface area (TPSA) is 50.4 Å². The van der Waals surface area contributed by atoms with Crippen molar-refractivity contribution in [1.29, 1.82) is 0 Å². The zero-order valence-electron chi connectivity index (χ0n) is 10.4. The Bertz CT molecular complexity index is 157. The molecule has 0 heterocycles. The van der Waals surface area contributed by atoms with Crippen LogP contribution in [0.2, 0.25) is 0 Å². The van der Waals surface area contributed by atoms with Crippen molar-refractivity contribution >= 4 is 18.3 Å². The molecule has 0 bridgehead atoms. The number of halogens is 1. The van der Waals surface area contributed by atoms with Crippen molar-refractivity contribution in [3.63, 3.8) is 0 Å². The van der Waals surface area contributed by atoms with E-state index in [4.69, 9.17) is 4.74 Å². The number of carbonyl (C=O) groups is 1. The predicted octanol–water partition coefficient (Wildman–Crippen LogP) is 1.34. The highest BCUT2D eigenvalue weighted by atomic mass is 35.5. The molecule has 0 atom stereocenters. The Kier molecular flexibility index (Phi) is 16.6. The summed E-state index contributed by atoms with van der Waals surface area (Å²) in [4.78, 5) is 11.2. The van der Waals surface area contributed by atoms with E-state index in [2.05, 4.69) is 17.6 Å². The smallest absolute Gasteiger partial charge is 0.220 e. The maximum absolute atomic E-state index is 11.2. The Hall–Kier alpha value is -0.320. The largest absolute Gasteiger partial charge is 0.382 e. The van der Waals surface area contributed by atoms with Crippen LogP contribution in [0.1, 0.15) is 33.1 Å². The van der Waals surface area contributed by atoms with Crippen LogP contribution in [0, 0.1) is 0 Å². The van der Waals surface area contributed by atoms with Gasteiger partial charge in [0.25, 0.3) is 0 Å². The molecule has 0 aliphatic heterocycles. The molecule has 98 valence electrons. The summed E-state index contributed by atoms with van der Waals surface area (Å²) in [5.41, 5.74) is 0. The van der Waals surface area contributed by atoms with Gasteiger partial charge in [-0.3, -0.25) is 4.79 Å². The van der Waals surface area contributed by atoms with E-state index >= 15 is 0 Å². The molecule has 0 aromatic heterocycles. The van der Waals surface area contributed by atoms with Gasteiger partial charge in [-0.05, 0) is 26.3 Å². The number of nitrogens with one attached hydrogen (secondary N) is 2. The van der Waals surface area contributed by atoms with Gasteiger partial charge in [-0.15, -0.1) is 12.4 Å². The Morgan fingerprint density at radius 2 is 1.94 bits per heavy atom. The lowest BCUT2D eigenvalue weighted by atomic mass is 10.3. The standard InChI is InChI=1S/C11H24N2O2.ClH/c1-3-7-12-8-9-13-11(14)6-5-10-15-4-2;/h12H,3-10H2,1-2H3,(H,13,14);1H. The molecule has 0 spiro atoms. The minimum atomic E-state index is 0. The number of amides is 1. The van der Waals surface area contributed by atoms with Gasteiger partial charge in [-0.25, -0.2) is 0 Å². The summed E-state index contributed by atoms with van der Waals surface area (Å²) in [5, 5.41) is 6.09. The number of hydrogen-bond acceptors (Lipinski definition) is 3. The van der Waals surface area contributed by atoms with Gasteiger partial charge < -0.3 is 15.4 Å². The average Bonchev–Trinajstić information content (AvgIpc) is 2.24. The first kappa shape index (κ1) is 18.1. The molecule has 16 heavy (non-hydrogen) atoms. The van der Waals surface area contributed by atoms with Gasteiger partial charge in [-0.2, -0.15) is 0 Å². The van der Waals surface area contributed by atoms with Gasteiger partial charge in [0.15, 0.2) is 0 Å². The lowest BCUT2D eigenvalue weighted by Crippen LogP contribution is -2.32. The maximum Gasteiger partial charge on any atom is 0.220 e. The Balaban J connectivity index is 0. The van der Waals surface area contributed by atoms with Crippen LogP contribution in [0.25, 0.3) is 0 Å². The number of ether oxygens (including phenoxy) is 1. The molecule has 0 aromatic carbocycles. The lowest BCUT2D eigenvalue weighted by Gasteiger charge is -2.06. The fourth-order valence-corrected chi connectivity index (χ4v) is 1.16. The first-order valence-electron chi connectivity index (χ1n) is 5.86. The van der Waals surface area contributed by atoms with Crippen molar-refractivity contribution < 1.29 is 9.53 Å². The van der Waals surface area contributed by atoms with E-state index < -0.39 is 0 Å². The SMILES string of the molecule is CCCNCCNC(=O)CCCOCC.Cl. The molecular formula is C11H25ClN2O2. The van der Waals surface area contributed by atoms with E-state index in [1.807, 2.05) is 6.92 Å². The zero-order valence-corrected chi connectivity index (χ0v) is 11.2. The first-order valence-corrected chi connectivity index (χ1v) is 5.86. The highest BCUT2D eigenvalue weighted by Crippen LogP contribution is 1.89. The van der Waals surface area contributed by atoms with E-state index in [1.165, 1.54) is 0 Å². The van der Waals surface area contributed by atoms with Gasteiger partial charge in [0.1, 0.15) is 0 Å². The first-order chi connectivity index (χ1) is 7.31. The predicted molar refractivity (Wildman–Crippen MR) is 69.1 cm³/mol. The van der Waals surface area contributed by atoms with Crippen molar-refractivity contribution in [3.05, 3.63) is 0 Å². The molecular weight excluding hydrogens is 228 g/mol. The summed E-state index contributed by atoms with van der Waals surface area (Å²) in [6, 6.07) is 0. The second-order valence-corrected chi connectivity index (χ2v) is 3.40. The Morgan fingerprint density at radius 3 is 2.56 bits per heavy atom. The van der Waals surface area contributed by atoms with Crippen LogP contribution in [-0.2, 0) is 9.53 Å². The number of hydrogen-bond donors (Lipinski definition) is 2. The van der Waals surface area contributed by atoms with Crippen molar-refractivity contribution in [2.45, 2.75) is 33.1 Å². The van der Waals surface area contributed by atoms with Gasteiger partial charge in [-0.1, -0.05) is 6.92 Å². The van der Waals surface area contributed by atoms with Gasteiger partial charge in [0.05, 0.1) is 0 Å². The maximum atomic E-state index is 11.2. The molecule has 0 saturated heterocycles. The summed E-state index contributed by atoms with van der Waals surface area (Å²) in [6.07, 6.45) is 2.50. The highest BCUT2D eigenvalue weighted by Gasteiger charge is 1.99. The van der Waals surface area contributed by atoms with Crippen molar-refractivity contribution in [3.8, 4) is 0 Å². The van der Waals surface area contributed by atoms with Crippen LogP contribution >= 0.6 is 12.4 Å². The van der Waals surface area contributed by atoms with Crippen LogP contribution in [0.5, 0.6) is 0 Å². The molecule has 0 aromatic rings. The molecule has 0 aliphatic rings. The van der Waals surface area contributed by atoms with E-state index in [9.17, 15) is 4.79 Å². The normalized spacial score (nSPS) is 9.62. The third-order valence-electron chi connectivity index (χ3n) is 1.95. The van der Waals surface area contributed by atoms with E-state index in [-0.39, 0.29) is 18.3 Å². The second kappa shape index (κ2) is 14.7. The third kappa shape index (κ3) is 13.7. The second-order valence-electron chi connectivity index (χ2n) is 3.40. The van der Waals surface area contributed by atoms with Crippen LogP contribution in [-0.4, -0.2) is 38.8 Å². The van der Waals surface area contributed by atoms with Crippen LogP contribution in [0.15, 0.2) is 0 Å². The molecule has 0 aliphatic carbocycles. The summed E-state index contributed by atoms with van der Waals surface area (Å²) in [6.45, 7) is 8.07. The molecule has 0 fully saturated rings. The number of carbonyl (C=O) groups excluding carboxylic acids is 1. The molecule has 0 unspecified atom stereocenters. The van der Waals surface area contributed by atoms with Crippen molar-refractivity contribution in [2.24, 2.45) is 0 Å². The van der Waals surface area contributed by atoms with Crippen LogP contribution in [0.3, 0.4) is 0 Å². The minimum Gasteiger partial charge on any atom is -0.382 e. The summed E-state index contributed by atoms with van der Waals surface area (Å²) < 4.78 is 5.15. The Labute approximate surface area is 105 Å². The minimum absolute atomic E-state index is 0. The summed E-state index contributed by atoms with van der Waals surface area (Å²) >= 11 is 0. The quantitative estimate of drug-likeness (QED) is 0.577. The highest BCUT2D eigenvalue weighted by molar-refractivity contribution is 5.85. The summed E-state index contributed by atoms with van der Waals surface area (Å²) in [5.74, 6) is 0.119. The third-order valence-corrected chi connectivity index (χ3v) is 1.95. The fraction of sp³-hybridized carbons (Fsp3) is 0.909. The Morgan fingerprint density at radius 1 is 1.19 bits per heavy atom. The van der Waals surface area contributed by atoms with Crippen LogP contribution < -0.4 is 10.6 Å². The molecule has 0 radical (unpaired) electrons. The molecule has 4 nitrogen and oxygen atoms in total. The van der Waals surface area contributed by atoms with E-state index in [0.29, 0.717) is 19.6 Å². The molecule has 0 rings (SSSR count). The zero-order chi connectivity index (χ0) is 11.4. The van der Waals surface area contributed by atoms with E-state index in [0.717, 1.165) is 32.5 Å². The van der Waals surface area contributed by atoms with E-state index in [1.54, 1.807) is 0 Å². The van der Waals surface area contributed by atoms with Gasteiger partial charge in [0, 0.05) is 32.7 Å². The fourth-order valence-electron chi connectivity index (χ4n) is 1.16. The van der Waals surface area contributed by atoms with Crippen molar-refractivity contribution in [2.75, 3.05) is 32.8 Å². The summed E-state index contributed by atoms with van der Waals surface area (Å²) in [7, 11) is 0. The van der Waals surface area contributed by atoms with Crippen molar-refractivity contribution in [1.82, 2.24) is 10.6 Å². The number of rotatable bonds is 10. The van der Waals surface area contributed by atoms with Crippen LogP contribution in [0.4, 0.5) is 0 Å². The molecule has 1 amide bonds. The van der Waals surface area contributed by atoms with Gasteiger partial charge >= 0.3 is 0 Å². The molecule has 5 heteroatoms. The molecule has 0 saturated carbocycles. The monoisotopic (exact) mass is 252 g/mol. The average molecular weight is 253 g/mol.